The van der Waals surface area contributed by atoms with E-state index in [1.165, 1.54) is 139 Å². The van der Waals surface area contributed by atoms with Crippen molar-refractivity contribution in [1.82, 2.24) is 0 Å². The molecule has 36 rings (SSSR count). The molecule has 4 saturated carbocycles. The summed E-state index contributed by atoms with van der Waals surface area (Å²) in [6.45, 7) is 13.1. The van der Waals surface area contributed by atoms with E-state index in [2.05, 4.69) is 277 Å². The van der Waals surface area contributed by atoms with E-state index in [4.69, 9.17) is 28.4 Å². The van der Waals surface area contributed by atoms with Crippen molar-refractivity contribution in [3.05, 3.63) is 287 Å². The van der Waals surface area contributed by atoms with Gasteiger partial charge in [-0.3, -0.25) is 0 Å². The zero-order valence-corrected chi connectivity index (χ0v) is 61.0. The van der Waals surface area contributed by atoms with Gasteiger partial charge in [0.1, 0.15) is 20.4 Å². The molecule has 0 unspecified atom stereocenters. The Labute approximate surface area is 601 Å². The first-order chi connectivity index (χ1) is 49.0. The SMILES string of the molecule is COCOC12CCC(C)(CC1)c1ccc(cc1)-c1ccc(cc1)C1(OCOC)CCC(OCOC)(CC1)c1ccc(cc1)-c1ccc(cc1)-c1ccc(cc1)C1(C)CCC(C)(CC1)c1ccc(cc1)-c1ccc(cc1)C1(C)CCC(C)(CC1)c1ccc(cc1)-c1ccc(cc1)-c1ccc2cc1. The summed E-state index contributed by atoms with van der Waals surface area (Å²) in [7, 11) is 5.13. The van der Waals surface area contributed by atoms with Crippen molar-refractivity contribution in [3.63, 3.8) is 0 Å². The number of methoxy groups -OCH3 is 3. The van der Waals surface area contributed by atoms with Crippen LogP contribution in [-0.4, -0.2) is 41.7 Å². The Bertz CT molecular complexity index is 4410. The van der Waals surface area contributed by atoms with Crippen molar-refractivity contribution in [2.45, 2.75) is 181 Å². The molecule has 0 aliphatic heterocycles. The summed E-state index contributed by atoms with van der Waals surface area (Å²) in [4.78, 5) is 0. The van der Waals surface area contributed by atoms with Crippen LogP contribution in [0.3, 0.4) is 0 Å². The van der Waals surface area contributed by atoms with Crippen molar-refractivity contribution in [3.8, 4) is 66.8 Å². The van der Waals surface area contributed by atoms with Gasteiger partial charge in [0, 0.05) is 21.3 Å². The van der Waals surface area contributed by atoms with Crippen LogP contribution < -0.4 is 0 Å². The van der Waals surface area contributed by atoms with Gasteiger partial charge in [-0.15, -0.1) is 0 Å². The maximum Gasteiger partial charge on any atom is 0.147 e. The Morgan fingerprint density at radius 1 is 0.178 bits per heavy atom. The third-order valence-corrected chi connectivity index (χ3v) is 26.2. The maximum atomic E-state index is 6.77. The van der Waals surface area contributed by atoms with Crippen LogP contribution in [0, 0.1) is 0 Å². The highest BCUT2D eigenvalue weighted by Gasteiger charge is 2.48. The van der Waals surface area contributed by atoms with E-state index < -0.39 is 16.8 Å². The third-order valence-electron chi connectivity index (χ3n) is 26.2. The Balaban J connectivity index is 0.682. The summed E-state index contributed by atoms with van der Waals surface area (Å²) in [5.74, 6) is 0. The maximum absolute atomic E-state index is 6.77. The molecule has 0 atom stereocenters. The van der Waals surface area contributed by atoms with Crippen LogP contribution in [0.25, 0.3) is 66.8 Å². The summed E-state index contributed by atoms with van der Waals surface area (Å²) in [5, 5.41) is 0. The van der Waals surface area contributed by atoms with Gasteiger partial charge in [-0.1, -0.05) is 277 Å². The van der Waals surface area contributed by atoms with E-state index in [9.17, 15) is 0 Å². The standard InChI is InChI=1S/C95H102O6/c1-88-49-53-90(3,54-50-88)82-37-21-74(22-38-82)75-23-39-83(40-24-75)91(4)55-51-89(2,52-56-91)81-35-19-73(20-36-81)69-11-15-71(16-12-69)78-29-45-86(46-30-78)94(100-66-97-7)61-63-95(64-62-94,101-67-98-8)87-47-31-79(32-48-87)76-25-41-84(42-26-76)92(5)57-59-93(60-58-92,99-65-96-6)85-43-27-77(28-44-85)70-13-9-68(10-14-70)72-17-33-80(88)34-18-72/h9-48H,49-67H2,1-8H3. The molecule has 0 heterocycles. The van der Waals surface area contributed by atoms with Crippen molar-refractivity contribution in [2.75, 3.05) is 41.7 Å². The molecule has 101 heavy (non-hydrogen) atoms. The fourth-order valence-electron chi connectivity index (χ4n) is 18.4. The minimum absolute atomic E-state index is 0.000587. The summed E-state index contributed by atoms with van der Waals surface area (Å²) in [5.41, 5.74) is 24.5. The normalized spacial score (nSPS) is 27.0. The van der Waals surface area contributed by atoms with Gasteiger partial charge in [0.25, 0.3) is 0 Å². The Morgan fingerprint density at radius 3 is 0.446 bits per heavy atom. The quantitative estimate of drug-likeness (QED) is 0.134. The van der Waals surface area contributed by atoms with Gasteiger partial charge < -0.3 is 28.4 Å². The number of hydrogen-bond donors (Lipinski definition) is 0. The Hall–Kier alpha value is -8.04. The molecule has 0 saturated heterocycles. The molecule has 0 amide bonds. The van der Waals surface area contributed by atoms with Gasteiger partial charge in [0.15, 0.2) is 0 Å². The molecule has 6 heteroatoms. The zero-order valence-electron chi connectivity index (χ0n) is 61.0. The highest BCUT2D eigenvalue weighted by Crippen LogP contribution is 2.54. The lowest BCUT2D eigenvalue weighted by Gasteiger charge is -2.46. The molecule has 518 valence electrons. The second-order valence-electron chi connectivity index (χ2n) is 32.2. The largest absolute Gasteiger partial charge is 0.359 e. The van der Waals surface area contributed by atoms with Gasteiger partial charge in [0.2, 0.25) is 0 Å². The second-order valence-corrected chi connectivity index (χ2v) is 32.2. The fraction of sp³-hybridized carbons (Fsp3) is 0.368. The number of ether oxygens (including phenoxy) is 6. The predicted octanol–water partition coefficient (Wildman–Crippen LogP) is 23.8. The van der Waals surface area contributed by atoms with Crippen molar-refractivity contribution < 1.29 is 28.4 Å². The molecule has 10 aromatic carbocycles. The topological polar surface area (TPSA) is 55.4 Å². The lowest BCUT2D eigenvalue weighted by Crippen LogP contribution is -2.43. The van der Waals surface area contributed by atoms with Crippen LogP contribution in [0.15, 0.2) is 243 Å². The van der Waals surface area contributed by atoms with Crippen LogP contribution in [0.5, 0.6) is 0 Å². The van der Waals surface area contributed by atoms with E-state index in [1.54, 1.807) is 21.3 Å². The molecular formula is C95H102O6. The minimum Gasteiger partial charge on any atom is -0.359 e. The van der Waals surface area contributed by atoms with Gasteiger partial charge in [-0.25, -0.2) is 0 Å². The summed E-state index contributed by atoms with van der Waals surface area (Å²) in [6, 6.07) is 92.8. The molecule has 0 aromatic heterocycles. The van der Waals surface area contributed by atoms with Crippen LogP contribution in [0.2, 0.25) is 0 Å². The van der Waals surface area contributed by atoms with Crippen molar-refractivity contribution in [2.24, 2.45) is 0 Å². The lowest BCUT2D eigenvalue weighted by atomic mass is 9.60. The van der Waals surface area contributed by atoms with Crippen molar-refractivity contribution in [1.29, 1.82) is 0 Å². The third kappa shape index (κ3) is 13.5. The van der Waals surface area contributed by atoms with Crippen LogP contribution in [0.1, 0.15) is 182 Å². The Kier molecular flexibility index (Phi) is 19.0. The van der Waals surface area contributed by atoms with Crippen LogP contribution >= 0.6 is 0 Å². The summed E-state index contributed by atoms with van der Waals surface area (Å²) >= 11 is 0. The highest BCUT2D eigenvalue weighted by atomic mass is 16.7. The minimum atomic E-state index is -0.542. The first kappa shape index (κ1) is 68.7. The average molecular weight is 1340 g/mol. The molecule has 4 fully saturated rings. The molecular weight excluding hydrogens is 1240 g/mol. The lowest BCUT2D eigenvalue weighted by molar-refractivity contribution is -0.203. The Morgan fingerprint density at radius 2 is 0.297 bits per heavy atom. The van der Waals surface area contributed by atoms with E-state index in [0.717, 1.165) is 75.3 Å². The van der Waals surface area contributed by atoms with Crippen LogP contribution in [0.4, 0.5) is 0 Å². The molecule has 26 aliphatic rings. The van der Waals surface area contributed by atoms with Gasteiger partial charge >= 0.3 is 0 Å². The summed E-state index contributed by atoms with van der Waals surface area (Å²) in [6.07, 6.45) is 16.2. The fourth-order valence-corrected chi connectivity index (χ4v) is 18.4. The van der Waals surface area contributed by atoms with Crippen LogP contribution in [-0.2, 0) is 72.3 Å². The molecule has 28 bridgehead atoms. The smallest absolute Gasteiger partial charge is 0.147 e. The average Bonchev–Trinajstić information content (AvgIpc) is 0.782. The first-order valence-electron chi connectivity index (χ1n) is 37.4. The van der Waals surface area contributed by atoms with Gasteiger partial charge in [-0.2, -0.15) is 0 Å². The van der Waals surface area contributed by atoms with E-state index in [0.29, 0.717) is 0 Å². The molecule has 0 N–H and O–H groups in total. The van der Waals surface area contributed by atoms with Gasteiger partial charge in [-0.05, 0) is 241 Å². The molecule has 0 spiro atoms. The molecule has 0 radical (unpaired) electrons. The van der Waals surface area contributed by atoms with Crippen molar-refractivity contribution >= 4 is 0 Å². The second kappa shape index (κ2) is 28.0. The van der Waals surface area contributed by atoms with E-state index in [1.807, 2.05) is 0 Å². The zero-order chi connectivity index (χ0) is 69.5. The molecule has 10 aromatic rings. The van der Waals surface area contributed by atoms with E-state index in [-0.39, 0.29) is 47.5 Å². The van der Waals surface area contributed by atoms with Gasteiger partial charge in [0.05, 0.1) is 16.8 Å². The highest BCUT2D eigenvalue weighted by molar-refractivity contribution is 5.73. The monoisotopic (exact) mass is 1340 g/mol. The predicted molar refractivity (Wildman–Crippen MR) is 413 cm³/mol. The molecule has 6 nitrogen and oxygen atoms in total. The van der Waals surface area contributed by atoms with E-state index >= 15 is 0 Å². The number of hydrogen-bond acceptors (Lipinski definition) is 6. The summed E-state index contributed by atoms with van der Waals surface area (Å²) < 4.78 is 37.1. The molecule has 26 aliphatic carbocycles. The first-order valence-corrected chi connectivity index (χ1v) is 37.4. The number of rotatable bonds is 9. The number of benzene rings is 10.